The number of aromatic hydroxyl groups is 1. The third kappa shape index (κ3) is 4.39. The Morgan fingerprint density at radius 2 is 1.87 bits per heavy atom. The molecule has 2 heterocycles. The van der Waals surface area contributed by atoms with Crippen molar-refractivity contribution < 1.29 is 18.3 Å². The molecule has 4 aromatic rings. The van der Waals surface area contributed by atoms with E-state index in [9.17, 15) is 13.5 Å². The van der Waals surface area contributed by atoms with Gasteiger partial charge in [-0.1, -0.05) is 6.92 Å². The van der Waals surface area contributed by atoms with Crippen LogP contribution in [0.2, 0.25) is 0 Å². The van der Waals surface area contributed by atoms with E-state index in [0.717, 1.165) is 51.2 Å². The predicted molar refractivity (Wildman–Crippen MR) is 122 cm³/mol. The smallest absolute Gasteiger partial charge is 0.229 e. The van der Waals surface area contributed by atoms with E-state index in [1.165, 1.54) is 7.11 Å². The lowest BCUT2D eigenvalue weighted by Crippen LogP contribution is -2.09. The molecule has 4 rings (SSSR count). The molecule has 0 saturated carbocycles. The van der Waals surface area contributed by atoms with Gasteiger partial charge in [-0.3, -0.25) is 14.7 Å². The number of ether oxygens (including phenoxy) is 1. The number of aromatic nitrogens is 2. The molecular weight excluding hydrogens is 414 g/mol. The Hall–Kier alpha value is -3.39. The van der Waals surface area contributed by atoms with Crippen LogP contribution >= 0.6 is 0 Å². The summed E-state index contributed by atoms with van der Waals surface area (Å²) in [5, 5.41) is 13.0. The molecule has 31 heavy (non-hydrogen) atoms. The van der Waals surface area contributed by atoms with Crippen molar-refractivity contribution in [2.75, 3.05) is 18.1 Å². The maximum absolute atomic E-state index is 11.5. The summed E-state index contributed by atoms with van der Waals surface area (Å²) in [6.07, 6.45) is 6.08. The van der Waals surface area contributed by atoms with Crippen molar-refractivity contribution >= 4 is 37.4 Å². The lowest BCUT2D eigenvalue weighted by Gasteiger charge is -2.13. The summed E-state index contributed by atoms with van der Waals surface area (Å²) in [5.74, 6) is 0.497. The molecule has 0 atom stereocenters. The van der Waals surface area contributed by atoms with Crippen molar-refractivity contribution in [3.8, 4) is 11.5 Å². The number of fused-ring (bicyclic) bond motifs is 2. The first-order valence-corrected chi connectivity index (χ1v) is 11.7. The fourth-order valence-electron chi connectivity index (χ4n) is 3.73. The Bertz CT molecular complexity index is 1400. The third-order valence-electron chi connectivity index (χ3n) is 5.12. The van der Waals surface area contributed by atoms with Crippen molar-refractivity contribution in [3.63, 3.8) is 0 Å². The lowest BCUT2D eigenvalue weighted by atomic mass is 9.98. The molecule has 0 fully saturated rings. The van der Waals surface area contributed by atoms with Gasteiger partial charge in [-0.05, 0) is 59.3 Å². The number of phenols is 1. The zero-order chi connectivity index (χ0) is 22.2. The molecule has 0 unspecified atom stereocenters. The van der Waals surface area contributed by atoms with Gasteiger partial charge in [0.15, 0.2) is 11.5 Å². The minimum atomic E-state index is -3.36. The second-order valence-corrected chi connectivity index (χ2v) is 9.20. The van der Waals surface area contributed by atoms with E-state index < -0.39 is 10.0 Å². The predicted octanol–water partition coefficient (Wildman–Crippen LogP) is 4.02. The Kier molecular flexibility index (Phi) is 5.41. The van der Waals surface area contributed by atoms with Crippen LogP contribution in [-0.4, -0.2) is 36.9 Å². The number of sulfonamides is 1. The van der Waals surface area contributed by atoms with Crippen molar-refractivity contribution in [2.45, 2.75) is 19.8 Å². The molecule has 160 valence electrons. The molecule has 8 heteroatoms. The molecule has 0 aliphatic rings. The largest absolute Gasteiger partial charge is 0.504 e. The number of aryl methyl sites for hydroxylation is 1. The normalized spacial score (nSPS) is 11.7. The highest BCUT2D eigenvalue weighted by Crippen LogP contribution is 2.35. The van der Waals surface area contributed by atoms with Crippen LogP contribution in [0.25, 0.3) is 21.7 Å². The molecule has 2 N–H and O–H groups in total. The number of nitrogens with one attached hydrogen (secondary N) is 1. The number of hydrogen-bond acceptors (Lipinski definition) is 6. The van der Waals surface area contributed by atoms with Gasteiger partial charge in [0, 0.05) is 41.0 Å². The molecule has 0 radical (unpaired) electrons. The van der Waals surface area contributed by atoms with Crippen LogP contribution in [0.5, 0.6) is 11.5 Å². The molecule has 0 spiro atoms. The van der Waals surface area contributed by atoms with Gasteiger partial charge in [0.25, 0.3) is 0 Å². The number of rotatable bonds is 6. The van der Waals surface area contributed by atoms with E-state index >= 15 is 0 Å². The van der Waals surface area contributed by atoms with Crippen molar-refractivity contribution in [2.24, 2.45) is 0 Å². The van der Waals surface area contributed by atoms with Gasteiger partial charge < -0.3 is 9.84 Å². The summed E-state index contributed by atoms with van der Waals surface area (Å²) in [6.45, 7) is 2.04. The van der Waals surface area contributed by atoms with Crippen LogP contribution in [0.15, 0.2) is 48.8 Å². The highest BCUT2D eigenvalue weighted by Gasteiger charge is 2.13. The zero-order valence-electron chi connectivity index (χ0n) is 17.5. The van der Waals surface area contributed by atoms with Crippen LogP contribution in [0, 0.1) is 0 Å². The van der Waals surface area contributed by atoms with Gasteiger partial charge >= 0.3 is 0 Å². The van der Waals surface area contributed by atoms with E-state index in [4.69, 9.17) is 4.74 Å². The molecule has 0 bridgehead atoms. The monoisotopic (exact) mass is 437 g/mol. The van der Waals surface area contributed by atoms with Gasteiger partial charge in [0.05, 0.1) is 18.9 Å². The maximum atomic E-state index is 11.5. The number of methoxy groups -OCH3 is 1. The average Bonchev–Trinajstić information content (AvgIpc) is 2.72. The average molecular weight is 438 g/mol. The minimum Gasteiger partial charge on any atom is -0.504 e. The Morgan fingerprint density at radius 1 is 1.06 bits per heavy atom. The highest BCUT2D eigenvalue weighted by molar-refractivity contribution is 7.92. The summed E-state index contributed by atoms with van der Waals surface area (Å²) in [7, 11) is -1.83. The van der Waals surface area contributed by atoms with Crippen LogP contribution in [0.4, 0.5) is 5.69 Å². The summed E-state index contributed by atoms with van der Waals surface area (Å²) in [4.78, 5) is 9.12. The van der Waals surface area contributed by atoms with E-state index in [2.05, 4.69) is 14.7 Å². The van der Waals surface area contributed by atoms with Crippen molar-refractivity contribution in [1.29, 1.82) is 0 Å². The standard InChI is InChI=1S/C23H23N3O4S/c1-4-20-19-11-23(30-2)22(27)10-18(19)16(13-25-20)8-14-7-15-9-17(26-31(3,28)29)5-6-21(15)24-12-14/h5-7,9-13,26-27H,4,8H2,1-3H3. The van der Waals surface area contributed by atoms with Crippen molar-refractivity contribution in [1.82, 2.24) is 9.97 Å². The number of anilines is 1. The first-order valence-electron chi connectivity index (χ1n) is 9.81. The molecule has 0 aliphatic heterocycles. The number of phenolic OH excluding ortho intramolecular Hbond substituents is 1. The van der Waals surface area contributed by atoms with Gasteiger partial charge in [0.1, 0.15) is 0 Å². The minimum absolute atomic E-state index is 0.0811. The zero-order valence-corrected chi connectivity index (χ0v) is 18.3. The fourth-order valence-corrected chi connectivity index (χ4v) is 4.28. The highest BCUT2D eigenvalue weighted by atomic mass is 32.2. The Morgan fingerprint density at radius 3 is 2.58 bits per heavy atom. The number of nitrogens with zero attached hydrogens (tertiary/aromatic N) is 2. The summed E-state index contributed by atoms with van der Waals surface area (Å²) in [6, 6.07) is 10.8. The molecule has 0 saturated heterocycles. The second kappa shape index (κ2) is 8.03. The Labute approximate surface area is 180 Å². The van der Waals surface area contributed by atoms with E-state index in [1.807, 2.05) is 25.3 Å². The lowest BCUT2D eigenvalue weighted by molar-refractivity contribution is 0.374. The van der Waals surface area contributed by atoms with Crippen molar-refractivity contribution in [3.05, 3.63) is 65.6 Å². The number of benzene rings is 2. The van der Waals surface area contributed by atoms with Crippen LogP contribution in [0.1, 0.15) is 23.7 Å². The molecule has 0 amide bonds. The molecule has 7 nitrogen and oxygen atoms in total. The van der Waals surface area contributed by atoms with Crippen LogP contribution in [-0.2, 0) is 22.9 Å². The second-order valence-electron chi connectivity index (χ2n) is 7.46. The Balaban J connectivity index is 1.77. The first kappa shape index (κ1) is 20.9. The number of pyridine rings is 2. The summed E-state index contributed by atoms with van der Waals surface area (Å²) in [5.41, 5.74) is 4.11. The summed E-state index contributed by atoms with van der Waals surface area (Å²) < 4.78 is 30.8. The first-order chi connectivity index (χ1) is 14.8. The van der Waals surface area contributed by atoms with Gasteiger partial charge in [-0.25, -0.2) is 8.42 Å². The molecular formula is C23H23N3O4S. The topological polar surface area (TPSA) is 101 Å². The summed E-state index contributed by atoms with van der Waals surface area (Å²) >= 11 is 0. The van der Waals surface area contributed by atoms with Gasteiger partial charge in [-0.2, -0.15) is 0 Å². The number of hydrogen-bond donors (Lipinski definition) is 2. The third-order valence-corrected chi connectivity index (χ3v) is 5.73. The van der Waals surface area contributed by atoms with E-state index in [-0.39, 0.29) is 5.75 Å². The van der Waals surface area contributed by atoms with E-state index in [0.29, 0.717) is 17.9 Å². The maximum Gasteiger partial charge on any atom is 0.229 e. The molecule has 0 aliphatic carbocycles. The SMILES string of the molecule is CCc1ncc(Cc2cnc3ccc(NS(C)(=O)=O)cc3c2)c2cc(O)c(OC)cc12. The van der Waals surface area contributed by atoms with E-state index in [1.54, 1.807) is 30.5 Å². The molecule has 2 aromatic carbocycles. The van der Waals surface area contributed by atoms with Crippen LogP contribution < -0.4 is 9.46 Å². The molecule has 2 aromatic heterocycles. The quantitative estimate of drug-likeness (QED) is 0.472. The van der Waals surface area contributed by atoms with Crippen LogP contribution in [0.3, 0.4) is 0 Å². The van der Waals surface area contributed by atoms with Gasteiger partial charge in [-0.15, -0.1) is 0 Å². The fraction of sp³-hybridized carbons (Fsp3) is 0.217. The van der Waals surface area contributed by atoms with Gasteiger partial charge in [0.2, 0.25) is 10.0 Å².